The number of pyridine rings is 1. The summed E-state index contributed by atoms with van der Waals surface area (Å²) in [5.41, 5.74) is 6.01. The van der Waals surface area contributed by atoms with E-state index in [2.05, 4.69) is 10.3 Å². The molecule has 1 aliphatic carbocycles. The van der Waals surface area contributed by atoms with Crippen LogP contribution >= 0.6 is 0 Å². The van der Waals surface area contributed by atoms with Crippen LogP contribution in [0.25, 0.3) is 0 Å². The highest BCUT2D eigenvalue weighted by Crippen LogP contribution is 2.26. The van der Waals surface area contributed by atoms with Gasteiger partial charge in [0.1, 0.15) is 10.7 Å². The molecule has 0 aromatic carbocycles. The minimum Gasteiger partial charge on any atom is -0.320 e. The number of nitrogens with two attached hydrogens (primary N) is 1. The topological polar surface area (TPSA) is 105 Å². The lowest BCUT2D eigenvalue weighted by atomic mass is 9.84. The maximum atomic E-state index is 12.4. The summed E-state index contributed by atoms with van der Waals surface area (Å²) < 4.78 is 49.7. The highest BCUT2D eigenvalue weighted by Gasteiger charge is 2.27. The van der Waals surface area contributed by atoms with Gasteiger partial charge >= 0.3 is 0 Å². The van der Waals surface area contributed by atoms with Crippen LogP contribution in [0.1, 0.15) is 32.1 Å². The number of carbonyl (C=O) groups is 1. The highest BCUT2D eigenvalue weighted by atomic mass is 32.2. The van der Waals surface area contributed by atoms with Crippen molar-refractivity contribution in [2.45, 2.75) is 49.5 Å². The maximum absolute atomic E-state index is 12.4. The Morgan fingerprint density at radius 3 is 2.54 bits per heavy atom. The number of nitrogens with one attached hydrogen (secondary N) is 1. The Bertz CT molecular complexity index is 707. The number of hydrogen-bond acceptors (Lipinski definition) is 5. The van der Waals surface area contributed by atoms with Crippen molar-refractivity contribution in [1.29, 1.82) is 0 Å². The van der Waals surface area contributed by atoms with Gasteiger partial charge in [0.15, 0.2) is 0 Å². The highest BCUT2D eigenvalue weighted by molar-refractivity contribution is 7.89. The Hall–Kier alpha value is -1.65. The fourth-order valence-corrected chi connectivity index (χ4v) is 4.09. The van der Waals surface area contributed by atoms with E-state index in [1.54, 1.807) is 0 Å². The van der Waals surface area contributed by atoms with E-state index >= 15 is 0 Å². The van der Waals surface area contributed by atoms with Crippen LogP contribution in [0.4, 0.5) is 14.6 Å². The number of rotatable bonds is 7. The van der Waals surface area contributed by atoms with E-state index in [0.717, 1.165) is 45.3 Å². The average Bonchev–Trinajstić information content (AvgIpc) is 2.61. The van der Waals surface area contributed by atoms with Crippen molar-refractivity contribution in [1.82, 2.24) is 9.29 Å². The Balaban J connectivity index is 2.01. The molecule has 1 aromatic heterocycles. The zero-order valence-electron chi connectivity index (χ0n) is 14.6. The third kappa shape index (κ3) is 5.18. The van der Waals surface area contributed by atoms with Gasteiger partial charge in [0.25, 0.3) is 6.43 Å². The number of aromatic nitrogens is 1. The molecule has 1 atom stereocenters. The zero-order valence-corrected chi connectivity index (χ0v) is 15.4. The predicted octanol–water partition coefficient (Wildman–Crippen LogP) is 1.81. The van der Waals surface area contributed by atoms with Gasteiger partial charge in [-0.15, -0.1) is 0 Å². The lowest BCUT2D eigenvalue weighted by molar-refractivity contribution is -0.118. The SMILES string of the molecule is CN(CC(F)F)S(=O)(=O)c1ccc(NC(=O)[C@@H](N)C2CCCCC2)nc1. The van der Waals surface area contributed by atoms with Crippen molar-refractivity contribution in [3.05, 3.63) is 18.3 Å². The summed E-state index contributed by atoms with van der Waals surface area (Å²) in [5.74, 6) is -0.0713. The summed E-state index contributed by atoms with van der Waals surface area (Å²) in [4.78, 5) is 15.9. The number of carbonyl (C=O) groups excluding carboxylic acids is 1. The van der Waals surface area contributed by atoms with E-state index in [9.17, 15) is 22.0 Å². The zero-order chi connectivity index (χ0) is 19.3. The maximum Gasteiger partial charge on any atom is 0.252 e. The quantitative estimate of drug-likeness (QED) is 0.739. The Morgan fingerprint density at radius 1 is 1.35 bits per heavy atom. The summed E-state index contributed by atoms with van der Waals surface area (Å²) >= 11 is 0. The number of halogens is 2. The van der Waals surface area contributed by atoms with Gasteiger partial charge in [-0.1, -0.05) is 19.3 Å². The van der Waals surface area contributed by atoms with Crippen LogP contribution in [0, 0.1) is 5.92 Å². The fraction of sp³-hybridized carbons (Fsp3) is 0.625. The monoisotopic (exact) mass is 390 g/mol. The van der Waals surface area contributed by atoms with Gasteiger partial charge in [0.2, 0.25) is 15.9 Å². The van der Waals surface area contributed by atoms with E-state index in [1.807, 2.05) is 0 Å². The van der Waals surface area contributed by atoms with Crippen LogP contribution < -0.4 is 11.1 Å². The van der Waals surface area contributed by atoms with Gasteiger partial charge in [-0.2, -0.15) is 4.31 Å². The van der Waals surface area contributed by atoms with Crippen LogP contribution in [0.2, 0.25) is 0 Å². The van der Waals surface area contributed by atoms with Gasteiger partial charge < -0.3 is 11.1 Å². The number of alkyl halides is 2. The third-order valence-corrected chi connectivity index (χ3v) is 6.36. The van der Waals surface area contributed by atoms with Crippen molar-refractivity contribution in [2.75, 3.05) is 18.9 Å². The van der Waals surface area contributed by atoms with E-state index in [0.29, 0.717) is 4.31 Å². The fourth-order valence-electron chi connectivity index (χ4n) is 3.00. The summed E-state index contributed by atoms with van der Waals surface area (Å²) in [7, 11) is -2.99. The Labute approximate surface area is 152 Å². The van der Waals surface area contributed by atoms with Gasteiger partial charge in [0, 0.05) is 13.2 Å². The number of sulfonamides is 1. The molecule has 10 heteroatoms. The first-order valence-corrected chi connectivity index (χ1v) is 9.93. The van der Waals surface area contributed by atoms with Gasteiger partial charge in [-0.05, 0) is 30.9 Å². The normalized spacial score (nSPS) is 17.5. The molecule has 1 saturated carbocycles. The molecule has 0 unspecified atom stereocenters. The molecular formula is C16H24F2N4O3S. The van der Waals surface area contributed by atoms with Crippen LogP contribution in [0.5, 0.6) is 0 Å². The molecule has 0 spiro atoms. The molecule has 1 aromatic rings. The summed E-state index contributed by atoms with van der Waals surface area (Å²) in [6.45, 7) is -0.906. The van der Waals surface area contributed by atoms with Gasteiger partial charge in [-0.25, -0.2) is 22.2 Å². The third-order valence-electron chi connectivity index (χ3n) is 4.55. The molecule has 7 nitrogen and oxygen atoms in total. The molecule has 0 radical (unpaired) electrons. The molecule has 1 heterocycles. The van der Waals surface area contributed by atoms with E-state index in [-0.39, 0.29) is 22.5 Å². The number of nitrogens with zero attached hydrogens (tertiary/aromatic N) is 2. The summed E-state index contributed by atoms with van der Waals surface area (Å²) in [6.07, 6.45) is 3.35. The summed E-state index contributed by atoms with van der Waals surface area (Å²) in [5, 5.41) is 2.58. The number of hydrogen-bond donors (Lipinski definition) is 2. The molecule has 0 aliphatic heterocycles. The Morgan fingerprint density at radius 2 is 2.00 bits per heavy atom. The van der Waals surface area contributed by atoms with E-state index < -0.39 is 29.0 Å². The lowest BCUT2D eigenvalue weighted by Crippen LogP contribution is -2.42. The van der Waals surface area contributed by atoms with Crippen molar-refractivity contribution in [3.8, 4) is 0 Å². The largest absolute Gasteiger partial charge is 0.320 e. The van der Waals surface area contributed by atoms with Crippen LogP contribution in [-0.4, -0.2) is 49.7 Å². The number of amides is 1. The molecule has 1 amide bonds. The molecule has 1 fully saturated rings. The first kappa shape index (κ1) is 20.7. The van der Waals surface area contributed by atoms with Crippen molar-refractivity contribution < 1.29 is 22.0 Å². The predicted molar refractivity (Wildman–Crippen MR) is 93.2 cm³/mol. The van der Waals surface area contributed by atoms with E-state index in [4.69, 9.17) is 5.73 Å². The summed E-state index contributed by atoms with van der Waals surface area (Å²) in [6, 6.07) is 1.89. The minimum absolute atomic E-state index is 0.131. The van der Waals surface area contributed by atoms with Crippen LogP contribution in [-0.2, 0) is 14.8 Å². The standard InChI is InChI=1S/C16H24F2N4O3S/c1-22(10-13(17)18)26(24,25)12-7-8-14(20-9-12)21-16(23)15(19)11-5-3-2-4-6-11/h7-9,11,13,15H,2-6,10,19H2,1H3,(H,20,21,23)/t15-/m0/s1. The first-order valence-electron chi connectivity index (χ1n) is 8.49. The first-order chi connectivity index (χ1) is 12.2. The lowest BCUT2D eigenvalue weighted by Gasteiger charge is -2.26. The van der Waals surface area contributed by atoms with Crippen LogP contribution in [0.15, 0.2) is 23.2 Å². The molecular weight excluding hydrogens is 366 g/mol. The Kier molecular flexibility index (Phi) is 7.01. The van der Waals surface area contributed by atoms with Gasteiger partial charge in [0.05, 0.1) is 12.6 Å². The molecule has 146 valence electrons. The van der Waals surface area contributed by atoms with Crippen molar-refractivity contribution >= 4 is 21.7 Å². The van der Waals surface area contributed by atoms with Gasteiger partial charge in [-0.3, -0.25) is 4.79 Å². The molecule has 3 N–H and O–H groups in total. The average molecular weight is 390 g/mol. The molecule has 0 saturated heterocycles. The van der Waals surface area contributed by atoms with Crippen LogP contribution in [0.3, 0.4) is 0 Å². The second-order valence-electron chi connectivity index (χ2n) is 6.47. The van der Waals surface area contributed by atoms with E-state index in [1.165, 1.54) is 12.1 Å². The molecule has 2 rings (SSSR count). The second kappa shape index (κ2) is 8.83. The van der Waals surface area contributed by atoms with Crippen molar-refractivity contribution in [2.24, 2.45) is 11.7 Å². The second-order valence-corrected chi connectivity index (χ2v) is 8.51. The van der Waals surface area contributed by atoms with Crippen molar-refractivity contribution in [3.63, 3.8) is 0 Å². The molecule has 26 heavy (non-hydrogen) atoms. The number of anilines is 1. The smallest absolute Gasteiger partial charge is 0.252 e. The minimum atomic E-state index is -4.06. The molecule has 0 bridgehead atoms. The molecule has 1 aliphatic rings.